The summed E-state index contributed by atoms with van der Waals surface area (Å²) < 4.78 is 18.2. The average Bonchev–Trinajstić information content (AvgIpc) is 3.15. The first-order valence-electron chi connectivity index (χ1n) is 7.18. The Morgan fingerprint density at radius 3 is 2.61 bits per heavy atom. The van der Waals surface area contributed by atoms with Crippen molar-refractivity contribution in [1.29, 1.82) is 0 Å². The van der Waals surface area contributed by atoms with Gasteiger partial charge >= 0.3 is 0 Å². The topological polar surface area (TPSA) is 67.6 Å². The predicted molar refractivity (Wildman–Crippen MR) is 86.5 cm³/mol. The van der Waals surface area contributed by atoms with Crippen molar-refractivity contribution < 1.29 is 8.91 Å². The summed E-state index contributed by atoms with van der Waals surface area (Å²) in [6.07, 6.45) is 1.73. The lowest BCUT2D eigenvalue weighted by atomic mass is 9.97. The lowest BCUT2D eigenvalue weighted by molar-refractivity contribution is 0.319. The third-order valence-corrected chi connectivity index (χ3v) is 4.04. The highest BCUT2D eigenvalue weighted by molar-refractivity contribution is 7.98. The Hall–Kier alpha value is -2.15. The maximum absolute atomic E-state index is 12.9. The molecule has 1 aromatic carbocycles. The largest absolute Gasteiger partial charge is 0.339 e. The van der Waals surface area contributed by atoms with Crippen LogP contribution in [0.3, 0.4) is 0 Å². The molecule has 2 heterocycles. The highest BCUT2D eigenvalue weighted by Crippen LogP contribution is 2.25. The molecule has 0 spiro atoms. The van der Waals surface area contributed by atoms with E-state index in [-0.39, 0.29) is 11.2 Å². The van der Waals surface area contributed by atoms with Crippen molar-refractivity contribution in [2.24, 2.45) is 0 Å². The Morgan fingerprint density at radius 1 is 1.22 bits per heavy atom. The molecule has 1 N–H and O–H groups in total. The van der Waals surface area contributed by atoms with E-state index in [1.165, 1.54) is 23.9 Å². The van der Waals surface area contributed by atoms with Crippen LogP contribution in [-0.4, -0.2) is 20.1 Å². The Bertz CT molecular complexity index is 789. The molecule has 0 saturated carbocycles. The molecule has 0 amide bonds. The normalized spacial score (nSPS) is 11.8. The molecule has 23 heavy (non-hydrogen) atoms. The minimum atomic E-state index is -0.255. The van der Waals surface area contributed by atoms with E-state index in [1.54, 1.807) is 18.3 Å². The first-order valence-corrected chi connectivity index (χ1v) is 8.17. The van der Waals surface area contributed by atoms with Crippen LogP contribution in [-0.2, 0) is 11.2 Å². The Morgan fingerprint density at radius 2 is 1.96 bits per heavy atom. The lowest BCUT2D eigenvalue weighted by Crippen LogP contribution is -2.11. The molecule has 0 aliphatic carbocycles. The molecule has 0 aliphatic rings. The monoisotopic (exact) mass is 332 g/mol. The van der Waals surface area contributed by atoms with Crippen molar-refractivity contribution in [3.63, 3.8) is 0 Å². The molecule has 0 unspecified atom stereocenters. The number of rotatable bonds is 4. The standard InChI is InChI=1S/C16H17FN4OS/c1-16(2,3)14-20-13(21-22-14)9-23-15-18-8-12(19-15)10-4-6-11(17)7-5-10/h4-8H,9H2,1-3H3,(H,18,19). The molecule has 0 bridgehead atoms. The fourth-order valence-corrected chi connectivity index (χ4v) is 2.60. The first kappa shape index (κ1) is 15.7. The van der Waals surface area contributed by atoms with Crippen molar-refractivity contribution in [1.82, 2.24) is 20.1 Å². The number of nitrogens with zero attached hydrogens (tertiary/aromatic N) is 3. The van der Waals surface area contributed by atoms with Gasteiger partial charge in [-0.25, -0.2) is 9.37 Å². The summed E-state index contributed by atoms with van der Waals surface area (Å²) >= 11 is 1.49. The summed E-state index contributed by atoms with van der Waals surface area (Å²) in [5.74, 6) is 1.57. The fraction of sp³-hybridized carbons (Fsp3) is 0.312. The molecule has 0 radical (unpaired) electrons. The third-order valence-electron chi connectivity index (χ3n) is 3.16. The second-order valence-electron chi connectivity index (χ2n) is 6.16. The number of aromatic amines is 1. The molecule has 3 rings (SSSR count). The summed E-state index contributed by atoms with van der Waals surface area (Å²) in [4.78, 5) is 11.9. The van der Waals surface area contributed by atoms with E-state index in [1.807, 2.05) is 20.8 Å². The number of thioether (sulfide) groups is 1. The molecule has 0 saturated heterocycles. The molecular formula is C16H17FN4OS. The van der Waals surface area contributed by atoms with Crippen molar-refractivity contribution in [3.05, 3.63) is 48.0 Å². The number of imidazole rings is 1. The van der Waals surface area contributed by atoms with Crippen molar-refractivity contribution >= 4 is 11.8 Å². The van der Waals surface area contributed by atoms with Gasteiger partial charge in [0.15, 0.2) is 11.0 Å². The van der Waals surface area contributed by atoms with Gasteiger partial charge in [0.2, 0.25) is 5.89 Å². The highest BCUT2D eigenvalue weighted by Gasteiger charge is 2.21. The summed E-state index contributed by atoms with van der Waals surface area (Å²) in [6, 6.07) is 6.28. The summed E-state index contributed by atoms with van der Waals surface area (Å²) in [5, 5.41) is 4.74. The molecule has 3 aromatic rings. The summed E-state index contributed by atoms with van der Waals surface area (Å²) in [5.41, 5.74) is 1.58. The van der Waals surface area contributed by atoms with Crippen LogP contribution in [0.4, 0.5) is 4.39 Å². The van der Waals surface area contributed by atoms with Crippen LogP contribution >= 0.6 is 11.8 Å². The minimum Gasteiger partial charge on any atom is -0.339 e. The zero-order chi connectivity index (χ0) is 16.4. The number of nitrogens with one attached hydrogen (secondary N) is 1. The van der Waals surface area contributed by atoms with Crippen molar-refractivity contribution in [2.75, 3.05) is 0 Å². The highest BCUT2D eigenvalue weighted by atomic mass is 32.2. The van der Waals surface area contributed by atoms with Gasteiger partial charge in [0.05, 0.1) is 17.6 Å². The van der Waals surface area contributed by atoms with Gasteiger partial charge in [-0.3, -0.25) is 0 Å². The van der Waals surface area contributed by atoms with E-state index >= 15 is 0 Å². The maximum Gasteiger partial charge on any atom is 0.232 e. The van der Waals surface area contributed by atoms with Gasteiger partial charge in [0.1, 0.15) is 5.82 Å². The van der Waals surface area contributed by atoms with Gasteiger partial charge in [0.25, 0.3) is 0 Å². The lowest BCUT2D eigenvalue weighted by Gasteiger charge is -2.10. The predicted octanol–water partition coefficient (Wildman–Crippen LogP) is 4.19. The molecule has 5 nitrogen and oxygen atoms in total. The smallest absolute Gasteiger partial charge is 0.232 e. The van der Waals surface area contributed by atoms with Crippen molar-refractivity contribution in [3.8, 4) is 11.3 Å². The van der Waals surface area contributed by atoms with Crippen LogP contribution in [0.1, 0.15) is 32.5 Å². The fourth-order valence-electron chi connectivity index (χ4n) is 1.90. The zero-order valence-electron chi connectivity index (χ0n) is 13.1. The van der Waals surface area contributed by atoms with Gasteiger partial charge in [-0.2, -0.15) is 4.98 Å². The molecule has 0 aliphatic heterocycles. The van der Waals surface area contributed by atoms with Crippen LogP contribution in [0.25, 0.3) is 11.3 Å². The second kappa shape index (κ2) is 6.16. The second-order valence-corrected chi connectivity index (χ2v) is 7.13. The molecule has 0 atom stereocenters. The van der Waals surface area contributed by atoms with E-state index in [0.717, 1.165) is 16.4 Å². The van der Waals surface area contributed by atoms with E-state index in [2.05, 4.69) is 20.1 Å². The molecule has 2 aromatic heterocycles. The quantitative estimate of drug-likeness (QED) is 0.726. The molecule has 0 fully saturated rings. The summed E-state index contributed by atoms with van der Waals surface area (Å²) in [7, 11) is 0. The van der Waals surface area contributed by atoms with E-state index in [9.17, 15) is 4.39 Å². The van der Waals surface area contributed by atoms with Crippen LogP contribution in [0.2, 0.25) is 0 Å². The Labute approximate surface area is 137 Å². The van der Waals surface area contributed by atoms with E-state index < -0.39 is 0 Å². The Balaban J connectivity index is 1.65. The molecule has 120 valence electrons. The minimum absolute atomic E-state index is 0.156. The number of hydrogen-bond acceptors (Lipinski definition) is 5. The van der Waals surface area contributed by atoms with Crippen LogP contribution < -0.4 is 0 Å². The van der Waals surface area contributed by atoms with Gasteiger partial charge in [0, 0.05) is 5.41 Å². The molecule has 7 heteroatoms. The SMILES string of the molecule is CC(C)(C)c1nc(CSc2ncc(-c3ccc(F)cc3)[nH]2)no1. The van der Waals surface area contributed by atoms with E-state index in [4.69, 9.17) is 4.52 Å². The van der Waals surface area contributed by atoms with E-state index in [0.29, 0.717) is 17.5 Å². The molecular weight excluding hydrogens is 315 g/mol. The van der Waals surface area contributed by atoms with Gasteiger partial charge < -0.3 is 9.51 Å². The van der Waals surface area contributed by atoms with Gasteiger partial charge in [-0.1, -0.05) is 37.7 Å². The third kappa shape index (κ3) is 3.79. The number of hydrogen-bond donors (Lipinski definition) is 1. The van der Waals surface area contributed by atoms with Gasteiger partial charge in [-0.05, 0) is 29.8 Å². The van der Waals surface area contributed by atoms with Crippen LogP contribution in [0.15, 0.2) is 40.1 Å². The Kier molecular flexibility index (Phi) is 4.21. The number of H-pyrrole nitrogens is 1. The maximum atomic E-state index is 12.9. The van der Waals surface area contributed by atoms with Crippen LogP contribution in [0.5, 0.6) is 0 Å². The van der Waals surface area contributed by atoms with Gasteiger partial charge in [-0.15, -0.1) is 0 Å². The zero-order valence-corrected chi connectivity index (χ0v) is 13.9. The van der Waals surface area contributed by atoms with Crippen LogP contribution in [0, 0.1) is 5.82 Å². The number of halogens is 1. The number of benzene rings is 1. The first-order chi connectivity index (χ1) is 10.9. The van der Waals surface area contributed by atoms with Crippen molar-refractivity contribution in [2.45, 2.75) is 37.1 Å². The summed E-state index contributed by atoms with van der Waals surface area (Å²) in [6.45, 7) is 6.08. The number of aromatic nitrogens is 4. The average molecular weight is 332 g/mol.